The predicted molar refractivity (Wildman–Crippen MR) is 147 cm³/mol. The van der Waals surface area contributed by atoms with E-state index in [4.69, 9.17) is 4.74 Å². The van der Waals surface area contributed by atoms with Crippen LogP contribution in [0, 0.1) is 17.0 Å². The van der Waals surface area contributed by atoms with Gasteiger partial charge >= 0.3 is 5.69 Å². The first-order chi connectivity index (χ1) is 18.9. The van der Waals surface area contributed by atoms with E-state index in [1.807, 2.05) is 0 Å². The number of fused-ring (bicyclic) bond motifs is 1. The van der Waals surface area contributed by atoms with Gasteiger partial charge in [-0.2, -0.15) is 0 Å². The molecule has 3 heterocycles. The third kappa shape index (κ3) is 6.35. The Hall–Kier alpha value is -3.19. The molecule has 1 aliphatic heterocycles. The van der Waals surface area contributed by atoms with Gasteiger partial charge in [0.05, 0.1) is 51.6 Å². The topological polar surface area (TPSA) is 120 Å². The summed E-state index contributed by atoms with van der Waals surface area (Å²) in [5.41, 5.74) is -3.58. The summed E-state index contributed by atoms with van der Waals surface area (Å²) in [6.45, 7) is 7.18. The molecule has 1 aliphatic rings. The standard InChI is InChI=1S/C28H34F3N3O6S/c1-16(29)15-40-25-12-21(20(31)14-32-25)34-23-11-19(30)18(10-22(23)33(26(34)36)17(2)27(3,4)37)24(35)13-28(5)6-8-41(38,39)9-7-28/h10-12,14,16-17,37H,6-9,13,15H2,1-5H3/t16?,17-/m0/s1. The molecular formula is C28H34F3N3O6S. The second-order valence-electron chi connectivity index (χ2n) is 11.8. The number of pyridine rings is 1. The number of sulfone groups is 1. The average Bonchev–Trinajstić information content (AvgIpc) is 3.14. The Balaban J connectivity index is 1.87. The first-order valence-electron chi connectivity index (χ1n) is 13.3. The van der Waals surface area contributed by atoms with Crippen LogP contribution in [0.2, 0.25) is 0 Å². The lowest BCUT2D eigenvalue weighted by Crippen LogP contribution is -2.37. The molecule has 1 aromatic carbocycles. The van der Waals surface area contributed by atoms with Crippen LogP contribution in [0.1, 0.15) is 70.3 Å². The number of hydrogen-bond donors (Lipinski definition) is 1. The summed E-state index contributed by atoms with van der Waals surface area (Å²) >= 11 is 0. The molecule has 13 heteroatoms. The molecule has 9 nitrogen and oxygen atoms in total. The van der Waals surface area contributed by atoms with Crippen LogP contribution in [-0.2, 0) is 9.84 Å². The summed E-state index contributed by atoms with van der Waals surface area (Å²) in [5, 5.41) is 10.8. The fraction of sp³-hybridized carbons (Fsp3) is 0.536. The minimum absolute atomic E-state index is 0.0583. The van der Waals surface area contributed by atoms with Crippen molar-refractivity contribution in [3.8, 4) is 11.6 Å². The molecule has 0 bridgehead atoms. The normalized spacial score (nSPS) is 18.3. The first kappa shape index (κ1) is 30.8. The zero-order valence-electron chi connectivity index (χ0n) is 23.6. The third-order valence-corrected chi connectivity index (χ3v) is 9.46. The van der Waals surface area contributed by atoms with Crippen molar-refractivity contribution in [1.82, 2.24) is 14.1 Å². The molecule has 1 N–H and O–H groups in total. The molecule has 0 amide bonds. The van der Waals surface area contributed by atoms with Gasteiger partial charge in [0, 0.05) is 18.6 Å². The van der Waals surface area contributed by atoms with Crippen LogP contribution in [0.25, 0.3) is 16.7 Å². The van der Waals surface area contributed by atoms with E-state index in [1.54, 1.807) is 13.8 Å². The number of carbonyl (C=O) groups excluding carboxylic acids is 1. The van der Waals surface area contributed by atoms with Crippen molar-refractivity contribution in [3.63, 3.8) is 0 Å². The number of alkyl halides is 1. The Labute approximate surface area is 235 Å². The second-order valence-corrected chi connectivity index (χ2v) is 14.1. The fourth-order valence-corrected chi connectivity index (χ4v) is 6.74. The lowest BCUT2D eigenvalue weighted by Gasteiger charge is -2.32. The number of carbonyl (C=O) groups is 1. The number of imidazole rings is 1. The minimum atomic E-state index is -3.18. The maximum atomic E-state index is 15.6. The Morgan fingerprint density at radius 2 is 1.78 bits per heavy atom. The van der Waals surface area contributed by atoms with Gasteiger partial charge in [0.1, 0.15) is 28.4 Å². The van der Waals surface area contributed by atoms with Crippen LogP contribution in [-0.4, -0.2) is 63.3 Å². The highest BCUT2D eigenvalue weighted by molar-refractivity contribution is 7.91. The van der Waals surface area contributed by atoms with Gasteiger partial charge in [-0.05, 0) is 52.0 Å². The number of rotatable bonds is 9. The quantitative estimate of drug-likeness (QED) is 0.365. The van der Waals surface area contributed by atoms with E-state index in [0.29, 0.717) is 0 Å². The van der Waals surface area contributed by atoms with E-state index >= 15 is 8.78 Å². The SMILES string of the molecule is CC(F)COc1cc(-n2c(=O)n([C@@H](C)C(C)(C)O)c3cc(C(=O)CC4(C)CCS(=O)(=O)CC4)c(F)cc32)c(F)cn1. The van der Waals surface area contributed by atoms with Crippen molar-refractivity contribution in [2.24, 2.45) is 5.41 Å². The second kappa shape index (κ2) is 10.9. The van der Waals surface area contributed by atoms with E-state index in [0.717, 1.165) is 27.5 Å². The zero-order chi connectivity index (χ0) is 30.5. The van der Waals surface area contributed by atoms with Crippen molar-refractivity contribution in [3.05, 3.63) is 52.1 Å². The van der Waals surface area contributed by atoms with E-state index in [-0.39, 0.29) is 65.5 Å². The van der Waals surface area contributed by atoms with Gasteiger partial charge in [0.2, 0.25) is 5.88 Å². The highest BCUT2D eigenvalue weighted by Crippen LogP contribution is 2.37. The van der Waals surface area contributed by atoms with E-state index in [1.165, 1.54) is 26.8 Å². The number of Topliss-reactive ketones (excluding diaryl/α,β-unsaturated/α-hetero) is 1. The van der Waals surface area contributed by atoms with Crippen molar-refractivity contribution < 1.29 is 36.2 Å². The number of hydrogen-bond acceptors (Lipinski definition) is 7. The number of benzene rings is 1. The highest BCUT2D eigenvalue weighted by Gasteiger charge is 2.36. The van der Waals surface area contributed by atoms with Gasteiger partial charge in [-0.15, -0.1) is 0 Å². The highest BCUT2D eigenvalue weighted by atomic mass is 32.2. The first-order valence-corrected chi connectivity index (χ1v) is 15.1. The maximum absolute atomic E-state index is 15.6. The number of aromatic nitrogens is 3. The van der Waals surface area contributed by atoms with Crippen LogP contribution in [0.3, 0.4) is 0 Å². The Morgan fingerprint density at radius 3 is 2.37 bits per heavy atom. The Morgan fingerprint density at radius 1 is 1.15 bits per heavy atom. The van der Waals surface area contributed by atoms with Crippen molar-refractivity contribution in [2.45, 2.75) is 71.7 Å². The van der Waals surface area contributed by atoms with Gasteiger partial charge in [0.25, 0.3) is 0 Å². The molecule has 3 aromatic rings. The molecule has 1 unspecified atom stereocenters. The summed E-state index contributed by atoms with van der Waals surface area (Å²) in [7, 11) is -3.18. The number of ether oxygens (including phenoxy) is 1. The lowest BCUT2D eigenvalue weighted by atomic mass is 9.78. The molecule has 0 saturated carbocycles. The number of ketones is 1. The van der Waals surface area contributed by atoms with Crippen LogP contribution >= 0.6 is 0 Å². The van der Waals surface area contributed by atoms with Crippen LogP contribution in [0.15, 0.2) is 29.2 Å². The van der Waals surface area contributed by atoms with Crippen molar-refractivity contribution in [2.75, 3.05) is 18.1 Å². The summed E-state index contributed by atoms with van der Waals surface area (Å²) < 4.78 is 75.0. The molecule has 0 spiro atoms. The van der Waals surface area contributed by atoms with Crippen molar-refractivity contribution in [1.29, 1.82) is 0 Å². The van der Waals surface area contributed by atoms with Gasteiger partial charge in [-0.3, -0.25) is 13.9 Å². The lowest BCUT2D eigenvalue weighted by molar-refractivity contribution is 0.0307. The summed E-state index contributed by atoms with van der Waals surface area (Å²) in [4.78, 5) is 30.9. The van der Waals surface area contributed by atoms with E-state index < -0.39 is 56.2 Å². The van der Waals surface area contributed by atoms with Gasteiger partial charge in [-0.25, -0.2) is 31.4 Å². The molecule has 224 valence electrons. The molecule has 0 radical (unpaired) electrons. The van der Waals surface area contributed by atoms with Gasteiger partial charge < -0.3 is 9.84 Å². The molecule has 0 aliphatic carbocycles. The molecule has 2 atom stereocenters. The van der Waals surface area contributed by atoms with E-state index in [2.05, 4.69) is 4.98 Å². The average molecular weight is 598 g/mol. The van der Waals surface area contributed by atoms with Crippen LogP contribution < -0.4 is 10.4 Å². The van der Waals surface area contributed by atoms with Crippen molar-refractivity contribution >= 4 is 26.7 Å². The number of nitrogens with zero attached hydrogens (tertiary/aromatic N) is 3. The Bertz CT molecular complexity index is 1640. The summed E-state index contributed by atoms with van der Waals surface area (Å²) in [6.07, 6.45) is -0.137. The van der Waals surface area contributed by atoms with Gasteiger partial charge in [0.15, 0.2) is 11.6 Å². The smallest absolute Gasteiger partial charge is 0.334 e. The third-order valence-electron chi connectivity index (χ3n) is 7.80. The number of halogens is 3. The van der Waals surface area contributed by atoms with Crippen LogP contribution in [0.4, 0.5) is 13.2 Å². The maximum Gasteiger partial charge on any atom is 0.334 e. The van der Waals surface area contributed by atoms with E-state index in [9.17, 15) is 27.5 Å². The fourth-order valence-electron chi connectivity index (χ4n) is 4.92. The molecule has 1 saturated heterocycles. The number of aliphatic hydroxyl groups is 1. The monoisotopic (exact) mass is 597 g/mol. The molecule has 1 fully saturated rings. The predicted octanol–water partition coefficient (Wildman–Crippen LogP) is 4.32. The molecule has 41 heavy (non-hydrogen) atoms. The summed E-state index contributed by atoms with van der Waals surface area (Å²) in [5.74, 6) is -2.74. The zero-order valence-corrected chi connectivity index (χ0v) is 24.4. The van der Waals surface area contributed by atoms with Crippen LogP contribution in [0.5, 0.6) is 5.88 Å². The largest absolute Gasteiger partial charge is 0.475 e. The molecule has 4 rings (SSSR count). The Kier molecular flexibility index (Phi) is 8.18. The van der Waals surface area contributed by atoms with Gasteiger partial charge in [-0.1, -0.05) is 6.92 Å². The summed E-state index contributed by atoms with van der Waals surface area (Å²) in [6, 6.07) is 2.35. The molecule has 2 aromatic heterocycles. The minimum Gasteiger partial charge on any atom is -0.475 e. The molecular weight excluding hydrogens is 563 g/mol.